The van der Waals surface area contributed by atoms with Crippen LogP contribution in [0, 0.1) is 0 Å². The third-order valence-electron chi connectivity index (χ3n) is 4.56. The van der Waals surface area contributed by atoms with E-state index in [-0.39, 0.29) is 18.6 Å². The fourth-order valence-electron chi connectivity index (χ4n) is 3.26. The quantitative estimate of drug-likeness (QED) is 0.908. The first-order valence-corrected chi connectivity index (χ1v) is 7.21. The van der Waals surface area contributed by atoms with Crippen molar-refractivity contribution in [2.24, 2.45) is 0 Å². The molecule has 1 fully saturated rings. The van der Waals surface area contributed by atoms with Crippen LogP contribution in [0.1, 0.15) is 29.3 Å². The van der Waals surface area contributed by atoms with E-state index in [1.807, 2.05) is 0 Å². The van der Waals surface area contributed by atoms with Crippen molar-refractivity contribution in [3.05, 3.63) is 23.3 Å². The van der Waals surface area contributed by atoms with Gasteiger partial charge in [-0.2, -0.15) is 0 Å². The number of rotatable bonds is 3. The highest BCUT2D eigenvalue weighted by Crippen LogP contribution is 2.45. The maximum atomic E-state index is 12.6. The Labute approximate surface area is 128 Å². The van der Waals surface area contributed by atoms with Gasteiger partial charge < -0.3 is 24.1 Å². The molecule has 1 aliphatic heterocycles. The number of methoxy groups -OCH3 is 2. The van der Waals surface area contributed by atoms with Crippen LogP contribution in [0.4, 0.5) is 0 Å². The van der Waals surface area contributed by atoms with Crippen LogP contribution < -0.4 is 9.47 Å². The largest absolute Gasteiger partial charge is 0.496 e. The van der Waals surface area contributed by atoms with E-state index in [0.717, 1.165) is 0 Å². The van der Waals surface area contributed by atoms with Gasteiger partial charge >= 0.3 is 0 Å². The molecule has 0 bridgehead atoms. The zero-order valence-electron chi connectivity index (χ0n) is 13.0. The van der Waals surface area contributed by atoms with E-state index < -0.39 is 11.4 Å². The number of hydrogen-bond acceptors (Lipinski definition) is 6. The van der Waals surface area contributed by atoms with Crippen LogP contribution in [0.25, 0.3) is 0 Å². The summed E-state index contributed by atoms with van der Waals surface area (Å²) in [7, 11) is 3.05. The second-order valence-electron chi connectivity index (χ2n) is 5.77. The van der Waals surface area contributed by atoms with Crippen LogP contribution in [-0.2, 0) is 15.9 Å². The van der Waals surface area contributed by atoms with E-state index in [0.29, 0.717) is 35.8 Å². The van der Waals surface area contributed by atoms with Gasteiger partial charge in [0, 0.05) is 18.4 Å². The average Bonchev–Trinajstić information content (AvgIpc) is 2.94. The second kappa shape index (κ2) is 5.22. The number of benzene rings is 1. The molecule has 1 heterocycles. The predicted molar refractivity (Wildman–Crippen MR) is 77.5 cm³/mol. The Bertz CT molecular complexity index is 605. The molecule has 1 aromatic rings. The SMILES string of the molecule is COc1ccc(OC)c2c1C[C@@](O)(C1(C)OCCO1)CC2=O. The molecule has 0 amide bonds. The van der Waals surface area contributed by atoms with Crippen molar-refractivity contribution >= 4 is 5.78 Å². The Kier molecular flexibility index (Phi) is 3.63. The van der Waals surface area contributed by atoms with Crippen LogP contribution in [0.15, 0.2) is 12.1 Å². The molecule has 0 spiro atoms. The Morgan fingerprint density at radius 1 is 1.09 bits per heavy atom. The number of carbonyl (C=O) groups excluding carboxylic acids is 1. The summed E-state index contributed by atoms with van der Waals surface area (Å²) in [4.78, 5) is 12.6. The minimum atomic E-state index is -1.44. The number of ketones is 1. The molecule has 1 N–H and O–H groups in total. The van der Waals surface area contributed by atoms with Crippen LogP contribution in [0.5, 0.6) is 11.5 Å². The third kappa shape index (κ3) is 2.10. The Morgan fingerprint density at radius 3 is 2.27 bits per heavy atom. The van der Waals surface area contributed by atoms with Gasteiger partial charge in [0.2, 0.25) is 0 Å². The van der Waals surface area contributed by atoms with Crippen molar-refractivity contribution in [2.45, 2.75) is 31.2 Å². The van der Waals surface area contributed by atoms with E-state index in [1.165, 1.54) is 14.2 Å². The lowest BCUT2D eigenvalue weighted by molar-refractivity contribution is -0.257. The predicted octanol–water partition coefficient (Wildman–Crippen LogP) is 1.33. The summed E-state index contributed by atoms with van der Waals surface area (Å²) < 4.78 is 21.8. The lowest BCUT2D eigenvalue weighted by Gasteiger charge is -2.43. The summed E-state index contributed by atoms with van der Waals surface area (Å²) >= 11 is 0. The van der Waals surface area contributed by atoms with Gasteiger partial charge in [-0.25, -0.2) is 0 Å². The smallest absolute Gasteiger partial charge is 0.195 e. The van der Waals surface area contributed by atoms with Gasteiger partial charge in [0.15, 0.2) is 11.6 Å². The van der Waals surface area contributed by atoms with Crippen LogP contribution in [0.2, 0.25) is 0 Å². The first kappa shape index (κ1) is 15.3. The summed E-state index contributed by atoms with van der Waals surface area (Å²) in [5.74, 6) is -0.376. The lowest BCUT2D eigenvalue weighted by atomic mass is 9.74. The highest BCUT2D eigenvalue weighted by Gasteiger charge is 2.55. The molecule has 120 valence electrons. The number of aliphatic hydroxyl groups is 1. The topological polar surface area (TPSA) is 74.2 Å². The van der Waals surface area contributed by atoms with Gasteiger partial charge in [-0.3, -0.25) is 4.79 Å². The maximum Gasteiger partial charge on any atom is 0.195 e. The standard InChI is InChI=1S/C16H20O6/c1-15(21-6-7-22-15)16(18)8-10-12(19-2)4-5-13(20-3)14(10)11(17)9-16/h4-5,18H,6-9H2,1-3H3/t16-/m0/s1. The van der Waals surface area contributed by atoms with Gasteiger partial charge in [-0.1, -0.05) is 0 Å². The van der Waals surface area contributed by atoms with Crippen LogP contribution in [-0.4, -0.2) is 49.7 Å². The minimum absolute atomic E-state index is 0.0833. The first-order valence-electron chi connectivity index (χ1n) is 7.21. The monoisotopic (exact) mass is 308 g/mol. The van der Waals surface area contributed by atoms with Crippen molar-refractivity contribution in [1.82, 2.24) is 0 Å². The lowest BCUT2D eigenvalue weighted by Crippen LogP contribution is -2.57. The van der Waals surface area contributed by atoms with Gasteiger partial charge in [-0.15, -0.1) is 0 Å². The molecule has 6 heteroatoms. The Morgan fingerprint density at radius 2 is 1.68 bits per heavy atom. The fraction of sp³-hybridized carbons (Fsp3) is 0.562. The zero-order valence-corrected chi connectivity index (χ0v) is 13.0. The van der Waals surface area contributed by atoms with Crippen LogP contribution >= 0.6 is 0 Å². The molecular weight excluding hydrogens is 288 g/mol. The first-order chi connectivity index (χ1) is 10.4. The molecule has 1 saturated heterocycles. The van der Waals surface area contributed by atoms with Gasteiger partial charge in [0.25, 0.3) is 0 Å². The molecule has 1 atom stereocenters. The maximum absolute atomic E-state index is 12.6. The number of hydrogen-bond donors (Lipinski definition) is 1. The highest BCUT2D eigenvalue weighted by atomic mass is 16.7. The second-order valence-corrected chi connectivity index (χ2v) is 5.77. The van der Waals surface area contributed by atoms with Crippen molar-refractivity contribution in [3.8, 4) is 11.5 Å². The van der Waals surface area contributed by atoms with E-state index in [2.05, 4.69) is 0 Å². The van der Waals surface area contributed by atoms with Crippen molar-refractivity contribution in [2.75, 3.05) is 27.4 Å². The summed E-state index contributed by atoms with van der Waals surface area (Å²) in [5.41, 5.74) is -0.346. The van der Waals surface area contributed by atoms with Crippen molar-refractivity contribution in [3.63, 3.8) is 0 Å². The van der Waals surface area contributed by atoms with E-state index in [4.69, 9.17) is 18.9 Å². The highest BCUT2D eigenvalue weighted by molar-refractivity contribution is 6.02. The molecule has 0 radical (unpaired) electrons. The summed E-state index contributed by atoms with van der Waals surface area (Å²) in [6.45, 7) is 2.47. The van der Waals surface area contributed by atoms with Gasteiger partial charge in [-0.05, 0) is 19.1 Å². The molecule has 6 nitrogen and oxygen atoms in total. The number of fused-ring (bicyclic) bond motifs is 1. The van der Waals surface area contributed by atoms with Crippen molar-refractivity contribution < 1.29 is 28.8 Å². The number of carbonyl (C=O) groups is 1. The third-order valence-corrected chi connectivity index (χ3v) is 4.56. The molecule has 0 aromatic heterocycles. The molecular formula is C16H20O6. The number of Topliss-reactive ketones (excluding diaryl/α,β-unsaturated/α-hetero) is 1. The van der Waals surface area contributed by atoms with Crippen LogP contribution in [0.3, 0.4) is 0 Å². The molecule has 0 unspecified atom stereocenters. The summed E-state index contributed by atoms with van der Waals surface area (Å²) in [5, 5.41) is 11.1. The Hall–Kier alpha value is -1.63. The van der Waals surface area contributed by atoms with Crippen molar-refractivity contribution in [1.29, 1.82) is 0 Å². The average molecular weight is 308 g/mol. The van der Waals surface area contributed by atoms with Gasteiger partial charge in [0.05, 0.1) is 33.0 Å². The molecule has 1 aromatic carbocycles. The minimum Gasteiger partial charge on any atom is -0.496 e. The van der Waals surface area contributed by atoms with E-state index in [1.54, 1.807) is 19.1 Å². The Balaban J connectivity index is 2.10. The molecule has 0 saturated carbocycles. The fourth-order valence-corrected chi connectivity index (χ4v) is 3.26. The zero-order chi connectivity index (χ0) is 16.0. The van der Waals surface area contributed by atoms with E-state index in [9.17, 15) is 9.90 Å². The summed E-state index contributed by atoms with van der Waals surface area (Å²) in [6.07, 6.45) is 0.116. The van der Waals surface area contributed by atoms with E-state index >= 15 is 0 Å². The molecule has 2 aliphatic rings. The molecule has 3 rings (SSSR count). The van der Waals surface area contributed by atoms with Gasteiger partial charge in [0.1, 0.15) is 17.1 Å². The number of ether oxygens (including phenoxy) is 4. The normalized spacial score (nSPS) is 26.6. The molecule has 22 heavy (non-hydrogen) atoms. The summed E-state index contributed by atoms with van der Waals surface area (Å²) in [6, 6.07) is 3.43. The molecule has 1 aliphatic carbocycles.